The van der Waals surface area contributed by atoms with Gasteiger partial charge in [0.05, 0.1) is 11.4 Å². The van der Waals surface area contributed by atoms with Crippen LogP contribution in [-0.2, 0) is 42.7 Å². The predicted molar refractivity (Wildman–Crippen MR) is 257 cm³/mol. The number of hydrogen-bond acceptors (Lipinski definition) is 2. The molecule has 6 aromatic carbocycles. The van der Waals surface area contributed by atoms with E-state index in [1.165, 1.54) is 22.3 Å². The second-order valence-corrected chi connectivity index (χ2v) is 19.9. The van der Waals surface area contributed by atoms with Crippen LogP contribution in [0.5, 0.6) is 11.5 Å². The quantitative estimate of drug-likeness (QED) is 0.107. The molecule has 6 heteroatoms. The number of nitrogens with zero attached hydrogens (tertiary/aromatic N) is 4. The Balaban J connectivity index is 0.00000560. The second kappa shape index (κ2) is 16.8. The molecule has 0 aliphatic carbocycles. The average Bonchev–Trinajstić information content (AvgIpc) is 3.87. The van der Waals surface area contributed by atoms with E-state index in [2.05, 4.69) is 247 Å². The van der Waals surface area contributed by atoms with Gasteiger partial charge in [0.1, 0.15) is 5.82 Å². The predicted octanol–water partition coefficient (Wildman–Crippen LogP) is 13.7. The van der Waals surface area contributed by atoms with Crippen LogP contribution in [-0.4, -0.2) is 14.1 Å². The standard InChI is InChI=1S/C58H56N4O.Pt/c1-55(2,3)42-30-31-59-54(35-42)62-51-27-18-17-26-49(51)50-29-28-47(37-52(50)62)63-48-34-44(56(4,5)6)33-46(36-48)61-39-60(38-53(61)58(9,10)41-22-15-12-16-23-41)45-25-19-24-43(32-45)57(7,8)40-20-13-11-14-21-40;/h11-35,38H,1-10H3;/q-2;. The molecule has 0 aliphatic heterocycles. The van der Waals surface area contributed by atoms with E-state index in [1.807, 2.05) is 12.3 Å². The summed E-state index contributed by atoms with van der Waals surface area (Å²) >= 11 is 0. The molecule has 326 valence electrons. The van der Waals surface area contributed by atoms with Gasteiger partial charge in [-0.15, -0.1) is 29.7 Å². The fourth-order valence-corrected chi connectivity index (χ4v) is 8.63. The van der Waals surface area contributed by atoms with Gasteiger partial charge in [-0.3, -0.25) is 4.57 Å². The molecule has 0 bridgehead atoms. The Morgan fingerprint density at radius 2 is 1.17 bits per heavy atom. The summed E-state index contributed by atoms with van der Waals surface area (Å²) in [4.78, 5) is 4.88. The third-order valence-electron chi connectivity index (χ3n) is 12.7. The van der Waals surface area contributed by atoms with Gasteiger partial charge in [0.15, 0.2) is 0 Å². The van der Waals surface area contributed by atoms with Crippen LogP contribution in [0.25, 0.3) is 39.0 Å². The van der Waals surface area contributed by atoms with Crippen molar-refractivity contribution in [3.05, 3.63) is 210 Å². The molecule has 0 fully saturated rings. The molecule has 0 unspecified atom stereocenters. The maximum absolute atomic E-state index is 6.87. The van der Waals surface area contributed by atoms with Crippen LogP contribution in [0, 0.1) is 18.5 Å². The van der Waals surface area contributed by atoms with Crippen molar-refractivity contribution in [3.63, 3.8) is 0 Å². The maximum atomic E-state index is 6.87. The Hall–Kier alpha value is -6.03. The molecule has 9 rings (SSSR count). The molecule has 64 heavy (non-hydrogen) atoms. The summed E-state index contributed by atoms with van der Waals surface area (Å²) in [5.41, 5.74) is 10.1. The van der Waals surface area contributed by atoms with Crippen LogP contribution in [0.2, 0.25) is 0 Å². The molecule has 0 radical (unpaired) electrons. The second-order valence-electron chi connectivity index (χ2n) is 19.9. The molecule has 3 heterocycles. The van der Waals surface area contributed by atoms with Crippen molar-refractivity contribution in [1.82, 2.24) is 14.1 Å². The van der Waals surface area contributed by atoms with E-state index in [-0.39, 0.29) is 37.3 Å². The van der Waals surface area contributed by atoms with Gasteiger partial charge in [-0.2, -0.15) is 17.7 Å². The normalized spacial score (nSPS) is 12.4. The molecule has 3 aromatic heterocycles. The smallest absolute Gasteiger partial charge is 0.267 e. The third-order valence-corrected chi connectivity index (χ3v) is 12.7. The van der Waals surface area contributed by atoms with Crippen LogP contribution in [0.15, 0.2) is 158 Å². The fraction of sp³-hybridized carbons (Fsp3) is 0.241. The number of para-hydroxylation sites is 1. The van der Waals surface area contributed by atoms with Crippen LogP contribution in [0.1, 0.15) is 103 Å². The summed E-state index contributed by atoms with van der Waals surface area (Å²) in [7, 11) is 0. The van der Waals surface area contributed by atoms with Gasteiger partial charge in [-0.1, -0.05) is 166 Å². The Morgan fingerprint density at radius 3 is 1.86 bits per heavy atom. The van der Waals surface area contributed by atoms with Crippen molar-refractivity contribution in [3.8, 4) is 28.7 Å². The fourth-order valence-electron chi connectivity index (χ4n) is 8.63. The molecule has 0 atom stereocenters. The summed E-state index contributed by atoms with van der Waals surface area (Å²) in [5, 5.41) is 2.23. The minimum atomic E-state index is -0.402. The van der Waals surface area contributed by atoms with E-state index in [4.69, 9.17) is 9.72 Å². The number of ether oxygens (including phenoxy) is 1. The molecule has 0 amide bonds. The van der Waals surface area contributed by atoms with Gasteiger partial charge in [0, 0.05) is 61.3 Å². The summed E-state index contributed by atoms with van der Waals surface area (Å²) in [5.74, 6) is 2.05. The first-order valence-electron chi connectivity index (χ1n) is 22.0. The molecule has 0 saturated heterocycles. The number of rotatable bonds is 9. The van der Waals surface area contributed by atoms with Crippen LogP contribution >= 0.6 is 0 Å². The van der Waals surface area contributed by atoms with E-state index in [1.54, 1.807) is 0 Å². The monoisotopic (exact) mass is 1020 g/mol. The first-order chi connectivity index (χ1) is 30.0. The first kappa shape index (κ1) is 44.6. The van der Waals surface area contributed by atoms with Crippen LogP contribution in [0.3, 0.4) is 0 Å². The van der Waals surface area contributed by atoms with Crippen molar-refractivity contribution in [1.29, 1.82) is 0 Å². The molecule has 5 nitrogen and oxygen atoms in total. The molecular weight excluding hydrogens is 964 g/mol. The minimum Gasteiger partial charge on any atom is -0.510 e. The van der Waals surface area contributed by atoms with Crippen molar-refractivity contribution >= 4 is 21.8 Å². The average molecular weight is 1020 g/mol. The van der Waals surface area contributed by atoms with Crippen LogP contribution in [0.4, 0.5) is 0 Å². The molecule has 0 spiro atoms. The van der Waals surface area contributed by atoms with Crippen LogP contribution < -0.4 is 9.30 Å². The van der Waals surface area contributed by atoms with Gasteiger partial charge in [0.25, 0.3) is 6.33 Å². The number of aromatic nitrogens is 4. The van der Waals surface area contributed by atoms with Gasteiger partial charge >= 0.3 is 0 Å². The van der Waals surface area contributed by atoms with Crippen molar-refractivity contribution in [2.45, 2.75) is 90.9 Å². The van der Waals surface area contributed by atoms with E-state index in [9.17, 15) is 0 Å². The number of benzene rings is 6. The molecule has 0 saturated carbocycles. The Morgan fingerprint density at radius 1 is 0.531 bits per heavy atom. The summed E-state index contributed by atoms with van der Waals surface area (Å²) in [6, 6.07) is 58.9. The zero-order chi connectivity index (χ0) is 44.3. The summed E-state index contributed by atoms with van der Waals surface area (Å²) in [6.07, 6.45) is 7.92. The summed E-state index contributed by atoms with van der Waals surface area (Å²) in [6.45, 7) is 22.5. The topological polar surface area (TPSA) is 35.9 Å². The molecule has 0 N–H and O–H groups in total. The van der Waals surface area contributed by atoms with Gasteiger partial charge < -0.3 is 13.9 Å². The Kier molecular flexibility index (Phi) is 11.7. The number of pyridine rings is 1. The van der Waals surface area contributed by atoms with E-state index >= 15 is 0 Å². The third kappa shape index (κ3) is 8.39. The first-order valence-corrected chi connectivity index (χ1v) is 22.0. The number of imidazole rings is 1. The zero-order valence-corrected chi connectivity index (χ0v) is 40.8. The SMILES string of the molecule is CC(C)(C)c1cc(Oc2[c-]c3c(cc2)c2ccccc2n3-c2cc(C(C)(C)C)ccn2)[c-]c(-n2[c-][n+](-c3cccc(C(C)(C)c4ccccc4)c3)cc2C(C)(C)c2ccccc2)c1.[Pt]. The van der Waals surface area contributed by atoms with E-state index < -0.39 is 5.41 Å². The minimum absolute atomic E-state index is 0. The van der Waals surface area contributed by atoms with Crippen molar-refractivity contribution in [2.24, 2.45) is 0 Å². The zero-order valence-electron chi connectivity index (χ0n) is 38.5. The number of hydrogen-bond donors (Lipinski definition) is 0. The van der Waals surface area contributed by atoms with Gasteiger partial charge in [-0.05, 0) is 74.5 Å². The molecule has 9 aromatic rings. The molecule has 0 aliphatic rings. The van der Waals surface area contributed by atoms with Gasteiger partial charge in [0.2, 0.25) is 0 Å². The Bertz CT molecular complexity index is 3110. The van der Waals surface area contributed by atoms with Crippen molar-refractivity contribution < 1.29 is 30.4 Å². The Labute approximate surface area is 393 Å². The van der Waals surface area contributed by atoms with Crippen molar-refractivity contribution in [2.75, 3.05) is 0 Å². The maximum Gasteiger partial charge on any atom is 0.267 e. The van der Waals surface area contributed by atoms with Gasteiger partial charge in [-0.25, -0.2) is 4.98 Å². The van der Waals surface area contributed by atoms with E-state index in [0.29, 0.717) is 11.5 Å². The van der Waals surface area contributed by atoms with E-state index in [0.717, 1.165) is 50.3 Å². The molecular formula is C58H56N4OPt-2. The number of fused-ring (bicyclic) bond motifs is 3. The largest absolute Gasteiger partial charge is 0.510 e. The summed E-state index contributed by atoms with van der Waals surface area (Å²) < 4.78 is 13.4.